The van der Waals surface area contributed by atoms with Gasteiger partial charge in [0.05, 0.1) is 19.0 Å². The quantitative estimate of drug-likeness (QED) is 0.458. The number of hydrogen-bond donors (Lipinski definition) is 1. The van der Waals surface area contributed by atoms with Gasteiger partial charge < -0.3 is 9.80 Å². The van der Waals surface area contributed by atoms with Crippen molar-refractivity contribution in [2.75, 3.05) is 20.1 Å². The second-order valence-electron chi connectivity index (χ2n) is 8.49. The van der Waals surface area contributed by atoms with Crippen LogP contribution in [0.3, 0.4) is 0 Å². The van der Waals surface area contributed by atoms with E-state index in [2.05, 4.69) is 25.4 Å². The van der Waals surface area contributed by atoms with E-state index >= 15 is 0 Å². The summed E-state index contributed by atoms with van der Waals surface area (Å²) in [5.41, 5.74) is 7.23. The van der Waals surface area contributed by atoms with Gasteiger partial charge in [0.15, 0.2) is 0 Å². The van der Waals surface area contributed by atoms with Crippen molar-refractivity contribution in [3.8, 4) is 0 Å². The molecule has 0 radical (unpaired) electrons. The highest BCUT2D eigenvalue weighted by Gasteiger charge is 2.67. The van der Waals surface area contributed by atoms with Gasteiger partial charge in [-0.2, -0.15) is 0 Å². The highest BCUT2D eigenvalue weighted by Crippen LogP contribution is 2.64. The van der Waals surface area contributed by atoms with Crippen molar-refractivity contribution in [2.45, 2.75) is 51.5 Å². The number of carbonyl (C=O) groups excluding carboxylic acids is 1. The van der Waals surface area contributed by atoms with E-state index in [0.717, 1.165) is 12.1 Å². The molecule has 3 heteroatoms. The number of fused-ring (bicyclic) bond motifs is 1. The van der Waals surface area contributed by atoms with Crippen molar-refractivity contribution in [1.29, 1.82) is 0 Å². The summed E-state index contributed by atoms with van der Waals surface area (Å²) in [5, 5.41) is 3.80. The largest absolute Gasteiger partial charge is 0.361 e. The Bertz CT molecular complexity index is 700. The van der Waals surface area contributed by atoms with Crippen LogP contribution in [-0.4, -0.2) is 36.9 Å². The fourth-order valence-corrected chi connectivity index (χ4v) is 6.69. The molecule has 5 aliphatic rings. The zero-order valence-corrected chi connectivity index (χ0v) is 14.3. The number of allylic oxidation sites excluding steroid dienone is 3. The van der Waals surface area contributed by atoms with Crippen LogP contribution in [0.15, 0.2) is 34.2 Å². The molecule has 2 aliphatic carbocycles. The number of rotatable bonds is 1. The Morgan fingerprint density at radius 1 is 1.30 bits per heavy atom. The first kappa shape index (κ1) is 14.0. The average Bonchev–Trinajstić information content (AvgIpc) is 3.08. The minimum Gasteiger partial charge on any atom is -0.361 e. The van der Waals surface area contributed by atoms with Crippen LogP contribution in [0, 0.1) is 11.3 Å². The van der Waals surface area contributed by atoms with Crippen LogP contribution in [0.5, 0.6) is 0 Å². The van der Waals surface area contributed by atoms with Gasteiger partial charge in [0.1, 0.15) is 18.9 Å². The fourth-order valence-electron chi connectivity index (χ4n) is 6.69. The molecule has 0 saturated carbocycles. The minimum absolute atomic E-state index is 0.177. The van der Waals surface area contributed by atoms with Gasteiger partial charge in [-0.25, -0.2) is 0 Å². The molecule has 2 unspecified atom stereocenters. The Morgan fingerprint density at radius 2 is 2.13 bits per heavy atom. The number of carbonyl (C=O) groups is 1. The molecule has 23 heavy (non-hydrogen) atoms. The zero-order valence-electron chi connectivity index (χ0n) is 14.3. The van der Waals surface area contributed by atoms with Crippen molar-refractivity contribution in [1.82, 2.24) is 5.32 Å². The highest BCUT2D eigenvalue weighted by atomic mass is 16.1. The van der Waals surface area contributed by atoms with Crippen LogP contribution in [0.25, 0.3) is 0 Å². The lowest BCUT2D eigenvalue weighted by Gasteiger charge is -2.52. The molecule has 3 nitrogen and oxygen atoms in total. The molecule has 2 saturated heterocycles. The number of aldehydes is 1. The maximum Gasteiger partial charge on any atom is 0.148 e. The van der Waals surface area contributed by atoms with E-state index in [0.29, 0.717) is 12.0 Å². The molecule has 3 aliphatic heterocycles. The molecule has 0 amide bonds. The van der Waals surface area contributed by atoms with Gasteiger partial charge >= 0.3 is 0 Å². The summed E-state index contributed by atoms with van der Waals surface area (Å²) in [6, 6.07) is 0.674. The van der Waals surface area contributed by atoms with Gasteiger partial charge in [0.2, 0.25) is 0 Å². The van der Waals surface area contributed by atoms with Crippen LogP contribution in [-0.2, 0) is 4.79 Å². The molecule has 2 fully saturated rings. The second kappa shape index (κ2) is 4.38. The number of nitrogens with one attached hydrogen (secondary N) is 1. The topological polar surface area (TPSA) is 29.1 Å². The Morgan fingerprint density at radius 3 is 2.91 bits per heavy atom. The van der Waals surface area contributed by atoms with Gasteiger partial charge in [0, 0.05) is 35.7 Å². The summed E-state index contributed by atoms with van der Waals surface area (Å²) in [5.74, 6) is 0.365. The first-order chi connectivity index (χ1) is 11.1. The van der Waals surface area contributed by atoms with Crippen LogP contribution in [0.2, 0.25) is 0 Å². The Kier molecular flexibility index (Phi) is 2.67. The summed E-state index contributed by atoms with van der Waals surface area (Å²) in [6.07, 6.45) is 10.9. The molecule has 2 bridgehead atoms. The number of nitrogens with zero attached hydrogens (tertiary/aromatic N) is 1. The third kappa shape index (κ3) is 1.48. The van der Waals surface area contributed by atoms with Crippen LogP contribution in [0.1, 0.15) is 45.4 Å². The molecule has 4 atom stereocenters. The smallest absolute Gasteiger partial charge is 0.148 e. The van der Waals surface area contributed by atoms with Crippen molar-refractivity contribution in [3.63, 3.8) is 0 Å². The van der Waals surface area contributed by atoms with E-state index in [1.54, 1.807) is 5.57 Å². The standard InChI is InChI=1S/C20H26N2O/c1-3-13-11-22(2)9-8-20-16-6-4-5-7-17(16)21-19(20)15(12-23)14(13)10-18(20)22/h3,12,14,18H,4-11H2,1-2H3/p+1/b13-3-/t14-,18-,20?,22?/m0/s1. The minimum atomic E-state index is 0.177. The van der Waals surface area contributed by atoms with Gasteiger partial charge in [-0.05, 0) is 43.8 Å². The lowest BCUT2D eigenvalue weighted by molar-refractivity contribution is -0.924. The van der Waals surface area contributed by atoms with Gasteiger partial charge in [-0.15, -0.1) is 0 Å². The SMILES string of the molecule is C/C=C1/C[N+]2(C)CCC34C5=C(CCCC5)NC3=C(C=O)[C@H]1C[C@@H]42. The molecule has 122 valence electrons. The molecule has 0 aromatic rings. The van der Waals surface area contributed by atoms with Gasteiger partial charge in [0.25, 0.3) is 0 Å². The number of piperidine rings is 1. The van der Waals surface area contributed by atoms with Gasteiger partial charge in [-0.1, -0.05) is 6.08 Å². The monoisotopic (exact) mass is 311 g/mol. The van der Waals surface area contributed by atoms with Crippen molar-refractivity contribution >= 4 is 6.29 Å². The van der Waals surface area contributed by atoms with Crippen LogP contribution >= 0.6 is 0 Å². The van der Waals surface area contributed by atoms with Crippen LogP contribution in [0.4, 0.5) is 0 Å². The Labute approximate surface area is 138 Å². The normalized spacial score (nSPS) is 45.9. The molecular formula is C20H27N2O+. The average molecular weight is 311 g/mol. The summed E-state index contributed by atoms with van der Waals surface area (Å²) in [6.45, 7) is 4.54. The summed E-state index contributed by atoms with van der Waals surface area (Å²) < 4.78 is 1.18. The van der Waals surface area contributed by atoms with Crippen molar-refractivity contribution < 1.29 is 9.28 Å². The predicted molar refractivity (Wildman–Crippen MR) is 90.3 cm³/mol. The molecule has 0 aromatic heterocycles. The van der Waals surface area contributed by atoms with E-state index in [1.807, 2.05) is 0 Å². The Hall–Kier alpha value is -1.35. The first-order valence-corrected chi connectivity index (χ1v) is 9.33. The van der Waals surface area contributed by atoms with E-state index in [-0.39, 0.29) is 5.41 Å². The summed E-state index contributed by atoms with van der Waals surface area (Å²) in [4.78, 5) is 12.1. The fraction of sp³-hybridized carbons (Fsp3) is 0.650. The van der Waals surface area contributed by atoms with Crippen molar-refractivity contribution in [3.05, 3.63) is 34.2 Å². The molecule has 0 aromatic carbocycles. The summed E-state index contributed by atoms with van der Waals surface area (Å²) >= 11 is 0. The van der Waals surface area contributed by atoms with E-state index in [1.165, 1.54) is 72.8 Å². The summed E-state index contributed by atoms with van der Waals surface area (Å²) in [7, 11) is 2.46. The molecule has 3 heterocycles. The van der Waals surface area contributed by atoms with E-state index in [9.17, 15) is 4.79 Å². The lowest BCUT2D eigenvalue weighted by atomic mass is 9.60. The number of likely N-dealkylation sites (N-methyl/N-ethyl adjacent to an activating group) is 1. The first-order valence-electron chi connectivity index (χ1n) is 9.33. The van der Waals surface area contributed by atoms with Gasteiger partial charge in [-0.3, -0.25) is 4.79 Å². The van der Waals surface area contributed by atoms with E-state index < -0.39 is 0 Å². The molecular weight excluding hydrogens is 284 g/mol. The molecule has 5 rings (SSSR count). The lowest BCUT2D eigenvalue weighted by Crippen LogP contribution is -2.60. The number of hydrogen-bond acceptors (Lipinski definition) is 2. The molecule has 1 spiro atoms. The maximum absolute atomic E-state index is 12.1. The van der Waals surface area contributed by atoms with Crippen LogP contribution < -0.4 is 5.32 Å². The van der Waals surface area contributed by atoms with Crippen molar-refractivity contribution in [2.24, 2.45) is 11.3 Å². The number of quaternary nitrogens is 1. The van der Waals surface area contributed by atoms with E-state index in [4.69, 9.17) is 0 Å². The zero-order chi connectivity index (χ0) is 15.8. The highest BCUT2D eigenvalue weighted by molar-refractivity contribution is 5.79. The Balaban J connectivity index is 1.78. The predicted octanol–water partition coefficient (Wildman–Crippen LogP) is 3.06. The molecule has 1 N–H and O–H groups in total. The maximum atomic E-state index is 12.1. The third-order valence-electron chi connectivity index (χ3n) is 7.68. The second-order valence-corrected chi connectivity index (χ2v) is 8.49. The third-order valence-corrected chi connectivity index (χ3v) is 7.68.